The van der Waals surface area contributed by atoms with E-state index in [1.54, 1.807) is 0 Å². The van der Waals surface area contributed by atoms with Gasteiger partial charge in [-0.15, -0.1) is 11.8 Å². The number of thioether (sulfide) groups is 1. The first-order valence-corrected chi connectivity index (χ1v) is 9.97. The molecular weight excluding hydrogens is 330 g/mol. The van der Waals surface area contributed by atoms with Crippen molar-refractivity contribution in [2.45, 2.75) is 30.4 Å². The summed E-state index contributed by atoms with van der Waals surface area (Å²) in [6, 6.07) is 7.30. The van der Waals surface area contributed by atoms with Gasteiger partial charge in [0.05, 0.1) is 16.8 Å². The Labute approximate surface area is 134 Å². The highest BCUT2D eigenvalue weighted by Gasteiger charge is 2.29. The molecule has 1 aromatic carbocycles. The van der Waals surface area contributed by atoms with Gasteiger partial charge in [0.2, 0.25) is 5.91 Å². The monoisotopic (exact) mass is 347 g/mol. The Morgan fingerprint density at radius 1 is 1.52 bits per heavy atom. The van der Waals surface area contributed by atoms with Gasteiger partial charge < -0.3 is 5.32 Å². The van der Waals surface area contributed by atoms with Gasteiger partial charge in [0.15, 0.2) is 9.84 Å². The molecule has 0 bridgehead atoms. The molecular formula is C14H18ClNO3S2. The SMILES string of the molecule is CC(SCc1cccc(Cl)c1)C(=O)NC1CCS(=O)(=O)C1. The maximum atomic E-state index is 12.0. The predicted molar refractivity (Wildman–Crippen MR) is 87.4 cm³/mol. The summed E-state index contributed by atoms with van der Waals surface area (Å²) in [5.41, 5.74) is 1.07. The van der Waals surface area contributed by atoms with Crippen molar-refractivity contribution >= 4 is 39.1 Å². The van der Waals surface area contributed by atoms with Gasteiger partial charge in [0.25, 0.3) is 0 Å². The minimum Gasteiger partial charge on any atom is -0.351 e. The molecule has 1 aromatic rings. The fourth-order valence-corrected chi connectivity index (χ4v) is 4.88. The Morgan fingerprint density at radius 3 is 2.90 bits per heavy atom. The molecule has 0 radical (unpaired) electrons. The van der Waals surface area contributed by atoms with Crippen molar-refractivity contribution in [3.63, 3.8) is 0 Å². The molecule has 1 amide bonds. The molecule has 2 rings (SSSR count). The van der Waals surface area contributed by atoms with Gasteiger partial charge in [0, 0.05) is 16.8 Å². The lowest BCUT2D eigenvalue weighted by atomic mass is 10.2. The van der Waals surface area contributed by atoms with E-state index in [1.807, 2.05) is 31.2 Å². The number of carbonyl (C=O) groups is 1. The highest BCUT2D eigenvalue weighted by Crippen LogP contribution is 2.21. The Hall–Kier alpha value is -0.720. The average molecular weight is 348 g/mol. The van der Waals surface area contributed by atoms with Crippen molar-refractivity contribution in [2.24, 2.45) is 0 Å². The molecule has 116 valence electrons. The van der Waals surface area contributed by atoms with Crippen molar-refractivity contribution in [3.8, 4) is 0 Å². The molecule has 1 N–H and O–H groups in total. The summed E-state index contributed by atoms with van der Waals surface area (Å²) in [7, 11) is -2.96. The number of hydrogen-bond acceptors (Lipinski definition) is 4. The summed E-state index contributed by atoms with van der Waals surface area (Å²) in [5, 5.41) is 3.27. The summed E-state index contributed by atoms with van der Waals surface area (Å²) < 4.78 is 22.7. The number of amides is 1. The number of rotatable bonds is 5. The van der Waals surface area contributed by atoms with Crippen molar-refractivity contribution in [2.75, 3.05) is 11.5 Å². The van der Waals surface area contributed by atoms with Crippen LogP contribution >= 0.6 is 23.4 Å². The standard InChI is InChI=1S/C14H18ClNO3S2/c1-10(20-8-11-3-2-4-12(15)7-11)14(17)16-13-5-6-21(18,19)9-13/h2-4,7,10,13H,5-6,8-9H2,1H3,(H,16,17). The van der Waals surface area contributed by atoms with Crippen molar-refractivity contribution in [1.29, 1.82) is 0 Å². The second-order valence-corrected chi connectivity index (χ2v) is 9.19. The summed E-state index contributed by atoms with van der Waals surface area (Å²) in [6.45, 7) is 1.83. The van der Waals surface area contributed by atoms with Crippen LogP contribution in [0.5, 0.6) is 0 Å². The van der Waals surface area contributed by atoms with E-state index >= 15 is 0 Å². The van der Waals surface area contributed by atoms with Gasteiger partial charge in [-0.2, -0.15) is 0 Å². The molecule has 2 atom stereocenters. The third kappa shape index (κ3) is 5.20. The molecule has 4 nitrogen and oxygen atoms in total. The molecule has 1 heterocycles. The van der Waals surface area contributed by atoms with E-state index in [-0.39, 0.29) is 28.7 Å². The highest BCUT2D eigenvalue weighted by molar-refractivity contribution is 7.99. The van der Waals surface area contributed by atoms with E-state index in [2.05, 4.69) is 5.32 Å². The van der Waals surface area contributed by atoms with Gasteiger partial charge in [-0.1, -0.05) is 23.7 Å². The topological polar surface area (TPSA) is 63.2 Å². The Kier molecular flexibility index (Phi) is 5.57. The number of carbonyl (C=O) groups excluding carboxylic acids is 1. The van der Waals surface area contributed by atoms with E-state index in [1.165, 1.54) is 11.8 Å². The van der Waals surface area contributed by atoms with Crippen LogP contribution in [0.25, 0.3) is 0 Å². The van der Waals surface area contributed by atoms with Crippen LogP contribution in [0.1, 0.15) is 18.9 Å². The Bertz CT molecular complexity index is 618. The van der Waals surface area contributed by atoms with Crippen molar-refractivity contribution in [3.05, 3.63) is 34.9 Å². The number of halogens is 1. The zero-order chi connectivity index (χ0) is 15.5. The van der Waals surface area contributed by atoms with Crippen LogP contribution in [0, 0.1) is 0 Å². The van der Waals surface area contributed by atoms with Gasteiger partial charge in [0.1, 0.15) is 0 Å². The zero-order valence-corrected chi connectivity index (χ0v) is 14.1. The fraction of sp³-hybridized carbons (Fsp3) is 0.500. The van der Waals surface area contributed by atoms with Gasteiger partial charge in [-0.3, -0.25) is 4.79 Å². The number of benzene rings is 1. The Balaban J connectivity index is 1.80. The second kappa shape index (κ2) is 7.03. The van der Waals surface area contributed by atoms with Crippen LogP contribution in [-0.2, 0) is 20.4 Å². The maximum Gasteiger partial charge on any atom is 0.233 e. The van der Waals surface area contributed by atoms with Crippen LogP contribution in [0.2, 0.25) is 5.02 Å². The van der Waals surface area contributed by atoms with Gasteiger partial charge in [-0.25, -0.2) is 8.42 Å². The molecule has 1 aliphatic heterocycles. The largest absolute Gasteiger partial charge is 0.351 e. The lowest BCUT2D eigenvalue weighted by Gasteiger charge is -2.15. The quantitative estimate of drug-likeness (QED) is 0.887. The zero-order valence-electron chi connectivity index (χ0n) is 11.7. The summed E-state index contributed by atoms with van der Waals surface area (Å²) in [5.74, 6) is 0.814. The molecule has 0 spiro atoms. The first-order valence-electron chi connectivity index (χ1n) is 6.72. The average Bonchev–Trinajstić information content (AvgIpc) is 2.75. The highest BCUT2D eigenvalue weighted by atomic mass is 35.5. The second-order valence-electron chi connectivity index (χ2n) is 5.19. The van der Waals surface area contributed by atoms with E-state index < -0.39 is 9.84 Å². The van der Waals surface area contributed by atoms with Crippen LogP contribution in [-0.4, -0.2) is 37.1 Å². The lowest BCUT2D eigenvalue weighted by Crippen LogP contribution is -2.40. The number of nitrogens with one attached hydrogen (secondary N) is 1. The first-order chi connectivity index (χ1) is 9.85. The van der Waals surface area contributed by atoms with E-state index in [4.69, 9.17) is 11.6 Å². The van der Waals surface area contributed by atoms with E-state index in [9.17, 15) is 13.2 Å². The molecule has 7 heteroatoms. The Morgan fingerprint density at radius 2 is 2.29 bits per heavy atom. The van der Waals surface area contributed by atoms with Crippen LogP contribution in [0.4, 0.5) is 0 Å². The molecule has 1 aliphatic rings. The molecule has 1 saturated heterocycles. The normalized spacial score (nSPS) is 21.9. The summed E-state index contributed by atoms with van der Waals surface area (Å²) >= 11 is 7.43. The molecule has 0 aliphatic carbocycles. The third-order valence-corrected chi connectivity index (χ3v) is 6.55. The summed E-state index contributed by atoms with van der Waals surface area (Å²) in [6.07, 6.45) is 0.514. The van der Waals surface area contributed by atoms with Crippen molar-refractivity contribution in [1.82, 2.24) is 5.32 Å². The van der Waals surface area contributed by atoms with Gasteiger partial charge >= 0.3 is 0 Å². The third-order valence-electron chi connectivity index (χ3n) is 3.34. The molecule has 1 fully saturated rings. The smallest absolute Gasteiger partial charge is 0.233 e. The van der Waals surface area contributed by atoms with Crippen molar-refractivity contribution < 1.29 is 13.2 Å². The molecule has 2 unspecified atom stereocenters. The lowest BCUT2D eigenvalue weighted by molar-refractivity contribution is -0.120. The van der Waals surface area contributed by atoms with E-state index in [0.717, 1.165) is 5.56 Å². The van der Waals surface area contributed by atoms with Crippen LogP contribution in [0.15, 0.2) is 24.3 Å². The minimum atomic E-state index is -2.96. The fourth-order valence-electron chi connectivity index (χ4n) is 2.15. The van der Waals surface area contributed by atoms with Crippen LogP contribution < -0.4 is 5.32 Å². The van der Waals surface area contributed by atoms with E-state index in [0.29, 0.717) is 17.2 Å². The molecule has 0 aromatic heterocycles. The maximum absolute atomic E-state index is 12.0. The molecule has 0 saturated carbocycles. The minimum absolute atomic E-state index is 0.0599. The molecule has 21 heavy (non-hydrogen) atoms. The first kappa shape index (κ1) is 16.6. The number of sulfone groups is 1. The predicted octanol–water partition coefficient (Wildman–Crippen LogP) is 2.27. The number of hydrogen-bond donors (Lipinski definition) is 1. The summed E-state index contributed by atoms with van der Waals surface area (Å²) in [4.78, 5) is 12.0. The van der Waals surface area contributed by atoms with Gasteiger partial charge in [-0.05, 0) is 31.0 Å². The van der Waals surface area contributed by atoms with Crippen LogP contribution in [0.3, 0.4) is 0 Å².